The molecule has 0 bridgehead atoms. The second-order valence-corrected chi connectivity index (χ2v) is 7.13. The normalized spacial score (nSPS) is 23.4. The number of aryl methyl sites for hydroxylation is 1. The highest BCUT2D eigenvalue weighted by atomic mass is 16.5. The zero-order valence-electron chi connectivity index (χ0n) is 15.1. The molecule has 0 N–H and O–H groups in total. The fourth-order valence-electron chi connectivity index (χ4n) is 4.62. The number of carbonyl (C=O) groups is 3. The summed E-state index contributed by atoms with van der Waals surface area (Å²) in [6, 6.07) is 1.62. The van der Waals surface area contributed by atoms with E-state index in [0.717, 1.165) is 31.4 Å². The number of nitrogens with zero attached hydrogens (tertiary/aromatic N) is 1. The van der Waals surface area contributed by atoms with E-state index in [9.17, 15) is 14.4 Å². The maximum atomic E-state index is 12.7. The van der Waals surface area contributed by atoms with Crippen molar-refractivity contribution in [2.24, 2.45) is 0 Å². The molecular weight excluding hydrogens is 322 g/mol. The largest absolute Gasteiger partial charge is 0.468 e. The van der Waals surface area contributed by atoms with Crippen LogP contribution in [0.25, 0.3) is 0 Å². The molecular formula is C19H23NO5. The molecule has 1 heterocycles. The summed E-state index contributed by atoms with van der Waals surface area (Å²) >= 11 is 0. The van der Waals surface area contributed by atoms with Gasteiger partial charge in [-0.15, -0.1) is 0 Å². The van der Waals surface area contributed by atoms with E-state index in [0.29, 0.717) is 17.7 Å². The summed E-state index contributed by atoms with van der Waals surface area (Å²) in [5.74, 6) is -1.38. The highest BCUT2D eigenvalue weighted by molar-refractivity contribution is 6.10. The molecule has 0 aliphatic heterocycles. The highest BCUT2D eigenvalue weighted by Gasteiger charge is 2.61. The molecule has 6 heteroatoms. The lowest BCUT2D eigenvalue weighted by atomic mass is 9.74. The van der Waals surface area contributed by atoms with Crippen molar-refractivity contribution in [1.82, 2.24) is 4.98 Å². The average Bonchev–Trinajstić information content (AvgIpc) is 3.17. The zero-order chi connectivity index (χ0) is 18.4. The van der Waals surface area contributed by atoms with Crippen LogP contribution in [0, 0.1) is 6.92 Å². The minimum Gasteiger partial charge on any atom is -0.468 e. The van der Waals surface area contributed by atoms with Crippen molar-refractivity contribution in [2.75, 3.05) is 14.2 Å². The van der Waals surface area contributed by atoms with E-state index in [2.05, 4.69) is 0 Å². The molecule has 0 radical (unpaired) electrons. The Morgan fingerprint density at radius 3 is 2.28 bits per heavy atom. The van der Waals surface area contributed by atoms with Crippen LogP contribution < -0.4 is 0 Å². The second-order valence-electron chi connectivity index (χ2n) is 7.13. The smallest absolute Gasteiger partial charge is 0.339 e. The highest BCUT2D eigenvalue weighted by Crippen LogP contribution is 2.57. The van der Waals surface area contributed by atoms with E-state index in [-0.39, 0.29) is 16.8 Å². The van der Waals surface area contributed by atoms with Gasteiger partial charge in [0.2, 0.25) is 0 Å². The number of fused-ring (bicyclic) bond motifs is 2. The summed E-state index contributed by atoms with van der Waals surface area (Å²) in [6.07, 6.45) is 4.21. The quantitative estimate of drug-likeness (QED) is 0.618. The van der Waals surface area contributed by atoms with Crippen molar-refractivity contribution >= 4 is 17.7 Å². The number of esters is 2. The predicted octanol–water partition coefficient (Wildman–Crippen LogP) is 2.39. The molecule has 6 nitrogen and oxygen atoms in total. The van der Waals surface area contributed by atoms with E-state index < -0.39 is 17.4 Å². The second kappa shape index (κ2) is 5.93. The molecule has 1 atom stereocenters. The number of methoxy groups -OCH3 is 2. The standard InChI is InChI=1S/C19H23NO5/c1-11-13(16(22)24-3)9-14-15(20-11)18(7-5-6-8-18)10-19(14,12(2)21)17(23)25-4/h9H,5-8,10H2,1-4H3. The summed E-state index contributed by atoms with van der Waals surface area (Å²) in [4.78, 5) is 42.2. The van der Waals surface area contributed by atoms with Crippen LogP contribution in [0.15, 0.2) is 6.07 Å². The first kappa shape index (κ1) is 17.6. The van der Waals surface area contributed by atoms with Crippen molar-refractivity contribution < 1.29 is 23.9 Å². The lowest BCUT2D eigenvalue weighted by molar-refractivity contribution is -0.152. The van der Waals surface area contributed by atoms with Crippen molar-refractivity contribution in [1.29, 1.82) is 0 Å². The van der Waals surface area contributed by atoms with E-state index in [1.165, 1.54) is 21.1 Å². The molecule has 1 aromatic heterocycles. The van der Waals surface area contributed by atoms with Crippen molar-refractivity contribution in [3.8, 4) is 0 Å². The molecule has 2 aliphatic carbocycles. The Labute approximate surface area is 146 Å². The van der Waals surface area contributed by atoms with Crippen molar-refractivity contribution in [3.63, 3.8) is 0 Å². The molecule has 0 aromatic carbocycles. The Balaban J connectivity index is 2.32. The number of hydrogen-bond acceptors (Lipinski definition) is 6. The third-order valence-corrected chi connectivity index (χ3v) is 5.88. The Morgan fingerprint density at radius 2 is 1.76 bits per heavy atom. The zero-order valence-corrected chi connectivity index (χ0v) is 15.1. The lowest BCUT2D eigenvalue weighted by Crippen LogP contribution is -2.43. The monoisotopic (exact) mass is 345 g/mol. The molecule has 1 fully saturated rings. The van der Waals surface area contributed by atoms with E-state index >= 15 is 0 Å². The van der Waals surface area contributed by atoms with Gasteiger partial charge in [-0.05, 0) is 44.7 Å². The van der Waals surface area contributed by atoms with Crippen LogP contribution in [0.5, 0.6) is 0 Å². The maximum Gasteiger partial charge on any atom is 0.339 e. The number of Topliss-reactive ketones (excluding diaryl/α,β-unsaturated/α-hetero) is 1. The minimum atomic E-state index is -1.39. The van der Waals surface area contributed by atoms with Crippen LogP contribution in [0.1, 0.15) is 66.3 Å². The third kappa shape index (κ3) is 2.30. The van der Waals surface area contributed by atoms with E-state index in [1.807, 2.05) is 0 Å². The molecule has 0 saturated heterocycles. The number of hydrogen-bond donors (Lipinski definition) is 0. The van der Waals surface area contributed by atoms with Gasteiger partial charge in [0, 0.05) is 5.41 Å². The van der Waals surface area contributed by atoms with Gasteiger partial charge in [0.25, 0.3) is 0 Å². The third-order valence-electron chi connectivity index (χ3n) is 5.88. The fraction of sp³-hybridized carbons (Fsp3) is 0.579. The Hall–Kier alpha value is -2.24. The molecule has 134 valence electrons. The lowest BCUT2D eigenvalue weighted by Gasteiger charge is -2.28. The molecule has 2 aliphatic rings. The Kier molecular flexibility index (Phi) is 4.17. The first-order valence-electron chi connectivity index (χ1n) is 8.53. The molecule has 1 aromatic rings. The average molecular weight is 345 g/mol. The van der Waals surface area contributed by atoms with Crippen LogP contribution in [-0.2, 0) is 29.9 Å². The van der Waals surface area contributed by atoms with Gasteiger partial charge in [-0.1, -0.05) is 12.8 Å². The predicted molar refractivity (Wildman–Crippen MR) is 89.5 cm³/mol. The molecule has 0 amide bonds. The van der Waals surface area contributed by atoms with E-state index in [1.54, 1.807) is 13.0 Å². The first-order chi connectivity index (χ1) is 11.8. The SMILES string of the molecule is COC(=O)c1cc2c(nc1C)C1(CCCC1)CC2(C(C)=O)C(=O)OC. The topological polar surface area (TPSA) is 82.6 Å². The summed E-state index contributed by atoms with van der Waals surface area (Å²) < 4.78 is 9.84. The van der Waals surface area contributed by atoms with Crippen LogP contribution in [0.2, 0.25) is 0 Å². The van der Waals surface area contributed by atoms with Gasteiger partial charge in [0.15, 0.2) is 11.2 Å². The Morgan fingerprint density at radius 1 is 1.12 bits per heavy atom. The van der Waals surface area contributed by atoms with Gasteiger partial charge < -0.3 is 9.47 Å². The molecule has 3 rings (SSSR count). The van der Waals surface area contributed by atoms with Crippen LogP contribution >= 0.6 is 0 Å². The number of ether oxygens (including phenoxy) is 2. The van der Waals surface area contributed by atoms with Crippen molar-refractivity contribution in [3.05, 3.63) is 28.6 Å². The summed E-state index contributed by atoms with van der Waals surface area (Å²) in [5.41, 5.74) is 0.439. The fourth-order valence-corrected chi connectivity index (χ4v) is 4.62. The van der Waals surface area contributed by atoms with Crippen LogP contribution in [0.4, 0.5) is 0 Å². The number of rotatable bonds is 3. The van der Waals surface area contributed by atoms with E-state index in [4.69, 9.17) is 14.5 Å². The number of aromatic nitrogens is 1. The van der Waals surface area contributed by atoms with Crippen LogP contribution in [-0.4, -0.2) is 36.9 Å². The van der Waals surface area contributed by atoms with Crippen LogP contribution in [0.3, 0.4) is 0 Å². The molecule has 1 spiro atoms. The molecule has 1 saturated carbocycles. The molecule has 25 heavy (non-hydrogen) atoms. The maximum absolute atomic E-state index is 12.7. The summed E-state index contributed by atoms with van der Waals surface area (Å²) in [6.45, 7) is 3.16. The number of carbonyl (C=O) groups excluding carboxylic acids is 3. The minimum absolute atomic E-state index is 0.272. The first-order valence-corrected chi connectivity index (χ1v) is 8.53. The van der Waals surface area contributed by atoms with Gasteiger partial charge >= 0.3 is 11.9 Å². The van der Waals surface area contributed by atoms with Gasteiger partial charge in [0.1, 0.15) is 0 Å². The van der Waals surface area contributed by atoms with Crippen molar-refractivity contribution in [2.45, 2.75) is 56.8 Å². The van der Waals surface area contributed by atoms with Gasteiger partial charge in [0.05, 0.1) is 31.2 Å². The summed E-state index contributed by atoms with van der Waals surface area (Å²) in [7, 11) is 2.58. The number of pyridine rings is 1. The van der Waals surface area contributed by atoms with Gasteiger partial charge in [-0.25, -0.2) is 4.79 Å². The van der Waals surface area contributed by atoms with Gasteiger partial charge in [-0.3, -0.25) is 14.6 Å². The Bertz CT molecular complexity index is 763. The van der Waals surface area contributed by atoms with Gasteiger partial charge in [-0.2, -0.15) is 0 Å². The summed E-state index contributed by atoms with van der Waals surface area (Å²) in [5, 5.41) is 0. The molecule has 1 unspecified atom stereocenters. The number of ketones is 1.